The van der Waals surface area contributed by atoms with E-state index in [0.29, 0.717) is 18.5 Å². The van der Waals surface area contributed by atoms with Gasteiger partial charge in [0.1, 0.15) is 5.60 Å². The number of aromatic nitrogens is 1. The Labute approximate surface area is 139 Å². The molecule has 0 bridgehead atoms. The molecule has 5 nitrogen and oxygen atoms in total. The van der Waals surface area contributed by atoms with Crippen LogP contribution in [0.2, 0.25) is 0 Å². The number of carbonyl (C=O) groups excluding carboxylic acids is 1. The van der Waals surface area contributed by atoms with Crippen LogP contribution in [-0.2, 0) is 18.3 Å². The molecule has 1 fully saturated rings. The molecule has 0 aromatic carbocycles. The van der Waals surface area contributed by atoms with Crippen LogP contribution in [0, 0.1) is 5.92 Å². The average molecular weight is 321 g/mol. The van der Waals surface area contributed by atoms with Gasteiger partial charge in [-0.05, 0) is 51.7 Å². The van der Waals surface area contributed by atoms with Crippen molar-refractivity contribution >= 4 is 6.09 Å². The van der Waals surface area contributed by atoms with Crippen LogP contribution >= 0.6 is 0 Å². The SMILES string of the molecule is Cn1cccc1CNC1CCCCC1CNC(=O)OC(C)(C)C. The number of ether oxygens (including phenoxy) is 1. The van der Waals surface area contributed by atoms with E-state index in [-0.39, 0.29) is 6.09 Å². The van der Waals surface area contributed by atoms with Crippen LogP contribution < -0.4 is 10.6 Å². The standard InChI is InChI=1S/C18H31N3O2/c1-18(2,3)23-17(22)20-12-14-8-5-6-10-16(14)19-13-15-9-7-11-21(15)4/h7,9,11,14,16,19H,5-6,8,10,12-13H2,1-4H3,(H,20,22). The van der Waals surface area contributed by atoms with Crippen molar-refractivity contribution in [2.24, 2.45) is 13.0 Å². The zero-order valence-corrected chi connectivity index (χ0v) is 14.9. The van der Waals surface area contributed by atoms with Crippen LogP contribution in [0.4, 0.5) is 4.79 Å². The molecule has 1 amide bonds. The average Bonchev–Trinajstić information content (AvgIpc) is 2.87. The number of nitrogens with one attached hydrogen (secondary N) is 2. The summed E-state index contributed by atoms with van der Waals surface area (Å²) in [6.45, 7) is 7.21. The fraction of sp³-hybridized carbons (Fsp3) is 0.722. The highest BCUT2D eigenvalue weighted by molar-refractivity contribution is 5.67. The van der Waals surface area contributed by atoms with Crippen molar-refractivity contribution in [1.29, 1.82) is 0 Å². The summed E-state index contributed by atoms with van der Waals surface area (Å²) < 4.78 is 7.47. The van der Waals surface area contributed by atoms with Crippen molar-refractivity contribution in [2.75, 3.05) is 6.54 Å². The second kappa shape index (κ2) is 7.86. The fourth-order valence-electron chi connectivity index (χ4n) is 3.17. The minimum absolute atomic E-state index is 0.316. The predicted molar refractivity (Wildman–Crippen MR) is 92.2 cm³/mol. The van der Waals surface area contributed by atoms with Crippen LogP contribution in [0.25, 0.3) is 0 Å². The Morgan fingerprint density at radius 3 is 2.74 bits per heavy atom. The van der Waals surface area contributed by atoms with E-state index in [4.69, 9.17) is 4.74 Å². The molecule has 1 aromatic rings. The molecular weight excluding hydrogens is 290 g/mol. The topological polar surface area (TPSA) is 55.3 Å². The highest BCUT2D eigenvalue weighted by atomic mass is 16.6. The van der Waals surface area contributed by atoms with Gasteiger partial charge in [-0.25, -0.2) is 4.79 Å². The van der Waals surface area contributed by atoms with Crippen molar-refractivity contribution in [3.8, 4) is 0 Å². The third-order valence-corrected chi connectivity index (χ3v) is 4.41. The van der Waals surface area contributed by atoms with Crippen molar-refractivity contribution < 1.29 is 9.53 Å². The summed E-state index contributed by atoms with van der Waals surface area (Å²) in [5.41, 5.74) is 0.843. The van der Waals surface area contributed by atoms with E-state index in [1.807, 2.05) is 20.8 Å². The van der Waals surface area contributed by atoms with Gasteiger partial charge in [0.2, 0.25) is 0 Å². The lowest BCUT2D eigenvalue weighted by molar-refractivity contribution is 0.0510. The van der Waals surface area contributed by atoms with E-state index in [1.54, 1.807) is 0 Å². The first-order valence-corrected chi connectivity index (χ1v) is 8.65. The second-order valence-electron chi connectivity index (χ2n) is 7.53. The summed E-state index contributed by atoms with van der Waals surface area (Å²) >= 11 is 0. The van der Waals surface area contributed by atoms with E-state index in [1.165, 1.54) is 25.0 Å². The van der Waals surface area contributed by atoms with Gasteiger partial charge in [0.15, 0.2) is 0 Å². The zero-order chi connectivity index (χ0) is 16.9. The van der Waals surface area contributed by atoms with Gasteiger partial charge in [0, 0.05) is 38.1 Å². The fourth-order valence-corrected chi connectivity index (χ4v) is 3.17. The molecule has 1 aromatic heterocycles. The molecular formula is C18H31N3O2. The number of hydrogen-bond donors (Lipinski definition) is 2. The number of hydrogen-bond acceptors (Lipinski definition) is 3. The summed E-state index contributed by atoms with van der Waals surface area (Å²) in [6.07, 6.45) is 6.58. The van der Waals surface area contributed by atoms with E-state index >= 15 is 0 Å². The lowest BCUT2D eigenvalue weighted by Crippen LogP contribution is -2.45. The molecule has 1 heterocycles. The minimum Gasteiger partial charge on any atom is -0.444 e. The van der Waals surface area contributed by atoms with Crippen LogP contribution in [0.3, 0.4) is 0 Å². The number of alkyl carbamates (subject to hydrolysis) is 1. The molecule has 0 saturated heterocycles. The third kappa shape index (κ3) is 5.90. The molecule has 1 aliphatic rings. The molecule has 130 valence electrons. The van der Waals surface area contributed by atoms with Gasteiger partial charge < -0.3 is 19.9 Å². The van der Waals surface area contributed by atoms with Gasteiger partial charge >= 0.3 is 6.09 Å². The van der Waals surface area contributed by atoms with Crippen molar-refractivity contribution in [3.05, 3.63) is 24.0 Å². The van der Waals surface area contributed by atoms with E-state index < -0.39 is 5.60 Å². The van der Waals surface area contributed by atoms with Gasteiger partial charge in [-0.2, -0.15) is 0 Å². The molecule has 2 atom stereocenters. The van der Waals surface area contributed by atoms with Crippen molar-refractivity contribution in [3.63, 3.8) is 0 Å². The molecule has 2 N–H and O–H groups in total. The number of nitrogens with zero attached hydrogens (tertiary/aromatic N) is 1. The van der Waals surface area contributed by atoms with Crippen LogP contribution in [0.5, 0.6) is 0 Å². The quantitative estimate of drug-likeness (QED) is 0.875. The first kappa shape index (κ1) is 17.9. The van der Waals surface area contributed by atoms with Crippen molar-refractivity contribution in [2.45, 2.75) is 64.6 Å². The minimum atomic E-state index is -0.444. The summed E-state index contributed by atoms with van der Waals surface area (Å²) in [4.78, 5) is 11.8. The number of carbonyl (C=O) groups is 1. The van der Waals surface area contributed by atoms with E-state index in [9.17, 15) is 4.79 Å². The Morgan fingerprint density at radius 2 is 2.09 bits per heavy atom. The molecule has 2 unspecified atom stereocenters. The summed E-state index contributed by atoms with van der Waals surface area (Å²) in [5, 5.41) is 6.61. The third-order valence-electron chi connectivity index (χ3n) is 4.41. The van der Waals surface area contributed by atoms with Crippen molar-refractivity contribution in [1.82, 2.24) is 15.2 Å². The maximum absolute atomic E-state index is 11.8. The monoisotopic (exact) mass is 321 g/mol. The van der Waals surface area contributed by atoms with Crippen LogP contribution in [0.1, 0.15) is 52.1 Å². The summed E-state index contributed by atoms with van der Waals surface area (Å²) in [5.74, 6) is 0.469. The maximum Gasteiger partial charge on any atom is 0.407 e. The maximum atomic E-state index is 11.8. The highest BCUT2D eigenvalue weighted by Crippen LogP contribution is 2.24. The normalized spacial score (nSPS) is 21.9. The first-order chi connectivity index (χ1) is 10.8. The largest absolute Gasteiger partial charge is 0.444 e. The lowest BCUT2D eigenvalue weighted by Gasteiger charge is -2.33. The smallest absolute Gasteiger partial charge is 0.407 e. The molecule has 1 aliphatic carbocycles. The number of aryl methyl sites for hydroxylation is 1. The van der Waals surface area contributed by atoms with Gasteiger partial charge in [-0.1, -0.05) is 12.8 Å². The van der Waals surface area contributed by atoms with Crippen LogP contribution in [-0.4, -0.2) is 28.8 Å². The first-order valence-electron chi connectivity index (χ1n) is 8.65. The number of amides is 1. The van der Waals surface area contributed by atoms with E-state index in [2.05, 4.69) is 40.6 Å². The Bertz CT molecular complexity index is 505. The highest BCUT2D eigenvalue weighted by Gasteiger charge is 2.26. The van der Waals surface area contributed by atoms with Gasteiger partial charge in [-0.3, -0.25) is 0 Å². The van der Waals surface area contributed by atoms with Gasteiger partial charge in [-0.15, -0.1) is 0 Å². The number of rotatable bonds is 5. The van der Waals surface area contributed by atoms with Gasteiger partial charge in [0.25, 0.3) is 0 Å². The molecule has 2 rings (SSSR count). The van der Waals surface area contributed by atoms with Gasteiger partial charge in [0.05, 0.1) is 0 Å². The summed E-state index contributed by atoms with van der Waals surface area (Å²) in [6, 6.07) is 4.66. The molecule has 1 saturated carbocycles. The second-order valence-corrected chi connectivity index (χ2v) is 7.53. The van der Waals surface area contributed by atoms with Crippen LogP contribution in [0.15, 0.2) is 18.3 Å². The zero-order valence-electron chi connectivity index (χ0n) is 14.9. The summed E-state index contributed by atoms with van der Waals surface area (Å²) in [7, 11) is 2.07. The Hall–Kier alpha value is -1.49. The molecule has 0 aliphatic heterocycles. The van der Waals surface area contributed by atoms with E-state index in [0.717, 1.165) is 13.0 Å². The molecule has 0 radical (unpaired) electrons. The lowest BCUT2D eigenvalue weighted by atomic mass is 9.84. The predicted octanol–water partition coefficient (Wildman–Crippen LogP) is 3.20. The Kier molecular flexibility index (Phi) is 6.10. The molecule has 0 spiro atoms. The molecule has 23 heavy (non-hydrogen) atoms. The Balaban J connectivity index is 1.81. The Morgan fingerprint density at radius 1 is 1.35 bits per heavy atom. The molecule has 5 heteroatoms.